The van der Waals surface area contributed by atoms with E-state index in [2.05, 4.69) is 9.58 Å². The van der Waals surface area contributed by atoms with Crippen LogP contribution in [0, 0.1) is 6.57 Å². The predicted octanol–water partition coefficient (Wildman–Crippen LogP) is 1.37. The second-order valence-corrected chi connectivity index (χ2v) is 1.65. The Morgan fingerprint density at radius 2 is 2.40 bits per heavy atom. The highest BCUT2D eigenvalue weighted by atomic mass is 16.5. The van der Waals surface area contributed by atoms with Crippen molar-refractivity contribution in [1.29, 1.82) is 0 Å². The highest BCUT2D eigenvalue weighted by molar-refractivity contribution is 5.82. The summed E-state index contributed by atoms with van der Waals surface area (Å²) in [5.74, 6) is -0.448. The quantitative estimate of drug-likeness (QED) is 0.328. The van der Waals surface area contributed by atoms with Crippen LogP contribution in [0.1, 0.15) is 13.8 Å². The van der Waals surface area contributed by atoms with Crippen molar-refractivity contribution in [3.8, 4) is 0 Å². The van der Waals surface area contributed by atoms with Crippen molar-refractivity contribution in [3.05, 3.63) is 23.2 Å². The zero-order valence-corrected chi connectivity index (χ0v) is 6.05. The van der Waals surface area contributed by atoms with Gasteiger partial charge in [0.1, 0.15) is 0 Å². The number of esters is 1. The summed E-state index contributed by atoms with van der Waals surface area (Å²) in [4.78, 5) is 13.6. The lowest BCUT2D eigenvalue weighted by Gasteiger charge is -1.93. The minimum absolute atomic E-state index is 0.346. The van der Waals surface area contributed by atoms with Crippen molar-refractivity contribution < 1.29 is 9.53 Å². The van der Waals surface area contributed by atoms with E-state index in [9.17, 15) is 4.79 Å². The molecule has 0 saturated carbocycles. The molecule has 10 heavy (non-hydrogen) atoms. The van der Waals surface area contributed by atoms with Crippen LogP contribution in [-0.4, -0.2) is 12.6 Å². The van der Waals surface area contributed by atoms with Gasteiger partial charge in [0.25, 0.3) is 0 Å². The van der Waals surface area contributed by atoms with Crippen molar-refractivity contribution in [3.63, 3.8) is 0 Å². The Morgan fingerprint density at radius 3 is 2.80 bits per heavy atom. The molecule has 0 aromatic heterocycles. The lowest BCUT2D eigenvalue weighted by molar-refractivity contribution is -0.137. The molecule has 0 bridgehead atoms. The van der Waals surface area contributed by atoms with E-state index in [0.29, 0.717) is 12.3 Å². The summed E-state index contributed by atoms with van der Waals surface area (Å²) < 4.78 is 4.56. The Balaban J connectivity index is 3.90. The van der Waals surface area contributed by atoms with E-state index in [1.807, 2.05) is 0 Å². The van der Waals surface area contributed by atoms with E-state index in [-0.39, 0.29) is 0 Å². The highest BCUT2D eigenvalue weighted by Crippen LogP contribution is 1.93. The first-order valence-electron chi connectivity index (χ1n) is 2.93. The Kier molecular flexibility index (Phi) is 3.97. The summed E-state index contributed by atoms with van der Waals surface area (Å²) in [6, 6.07) is 0. The molecule has 0 saturated heterocycles. The molecule has 0 aromatic carbocycles. The van der Waals surface area contributed by atoms with E-state index in [0.717, 1.165) is 0 Å². The standard InChI is InChI=1S/C7H9NO2/c1-4-10-7(9)5-6(2)8-3/h5H,4H2,1-2H3. The zero-order chi connectivity index (χ0) is 7.98. The van der Waals surface area contributed by atoms with Gasteiger partial charge in [0.2, 0.25) is 0 Å². The summed E-state index contributed by atoms with van der Waals surface area (Å²) in [6.45, 7) is 10.1. The minimum Gasteiger partial charge on any atom is -0.464 e. The Hall–Kier alpha value is -1.30. The number of rotatable bonds is 2. The third-order valence-electron chi connectivity index (χ3n) is 0.790. The molecular weight excluding hydrogens is 130 g/mol. The number of allylic oxidation sites excluding steroid dienone is 1. The average molecular weight is 139 g/mol. The van der Waals surface area contributed by atoms with E-state index < -0.39 is 5.97 Å². The van der Waals surface area contributed by atoms with Crippen LogP contribution in [0.2, 0.25) is 0 Å². The molecule has 0 heterocycles. The molecule has 0 spiro atoms. The van der Waals surface area contributed by atoms with E-state index in [1.165, 1.54) is 6.08 Å². The summed E-state index contributed by atoms with van der Waals surface area (Å²) in [6.07, 6.45) is 1.18. The SMILES string of the molecule is [C-]#[N+]C(C)=CC(=O)OCC. The molecule has 3 heteroatoms. The maximum Gasteiger partial charge on any atom is 0.319 e. The van der Waals surface area contributed by atoms with Gasteiger partial charge in [-0.2, -0.15) is 0 Å². The second kappa shape index (κ2) is 4.57. The van der Waals surface area contributed by atoms with Gasteiger partial charge in [-0.25, -0.2) is 9.64 Å². The lowest BCUT2D eigenvalue weighted by Crippen LogP contribution is -1.99. The molecule has 0 aliphatic rings. The topological polar surface area (TPSA) is 30.7 Å². The van der Waals surface area contributed by atoms with Crippen molar-refractivity contribution in [1.82, 2.24) is 0 Å². The molecule has 0 aromatic rings. The van der Waals surface area contributed by atoms with E-state index in [4.69, 9.17) is 6.57 Å². The molecule has 54 valence electrons. The third-order valence-corrected chi connectivity index (χ3v) is 0.790. The maximum atomic E-state index is 10.6. The molecule has 0 unspecified atom stereocenters. The monoisotopic (exact) mass is 139 g/mol. The van der Waals surface area contributed by atoms with E-state index in [1.54, 1.807) is 13.8 Å². The van der Waals surface area contributed by atoms with Gasteiger partial charge in [-0.15, -0.1) is 0 Å². The Morgan fingerprint density at radius 1 is 1.80 bits per heavy atom. The molecule has 0 atom stereocenters. The predicted molar refractivity (Wildman–Crippen MR) is 37.0 cm³/mol. The molecule has 0 aliphatic heterocycles. The number of carbonyl (C=O) groups excluding carboxylic acids is 1. The summed E-state index contributed by atoms with van der Waals surface area (Å²) >= 11 is 0. The van der Waals surface area contributed by atoms with Crippen molar-refractivity contribution in [2.45, 2.75) is 13.8 Å². The minimum atomic E-state index is -0.448. The molecule has 0 amide bonds. The Labute approximate surface area is 60.1 Å². The fraction of sp³-hybridized carbons (Fsp3) is 0.429. The van der Waals surface area contributed by atoms with Crippen LogP contribution in [0.3, 0.4) is 0 Å². The van der Waals surface area contributed by atoms with Crippen LogP contribution in [0.5, 0.6) is 0 Å². The fourth-order valence-corrected chi connectivity index (χ4v) is 0.387. The van der Waals surface area contributed by atoms with Gasteiger partial charge in [-0.3, -0.25) is 0 Å². The van der Waals surface area contributed by atoms with Crippen LogP contribution in [0.4, 0.5) is 0 Å². The van der Waals surface area contributed by atoms with Crippen molar-refractivity contribution in [2.75, 3.05) is 6.61 Å². The third kappa shape index (κ3) is 3.67. The first kappa shape index (κ1) is 8.70. The number of hydrogen-bond acceptors (Lipinski definition) is 2. The molecule has 0 rings (SSSR count). The summed E-state index contributed by atoms with van der Waals surface area (Å²) in [5, 5.41) is 0. The Bertz CT molecular complexity index is 188. The first-order chi connectivity index (χ1) is 4.70. The van der Waals surface area contributed by atoms with Gasteiger partial charge < -0.3 is 4.74 Å². The number of carbonyl (C=O) groups is 1. The molecule has 3 nitrogen and oxygen atoms in total. The molecule has 0 aliphatic carbocycles. The smallest absolute Gasteiger partial charge is 0.319 e. The van der Waals surface area contributed by atoms with Crippen molar-refractivity contribution in [2.24, 2.45) is 0 Å². The van der Waals surface area contributed by atoms with Crippen LogP contribution in [0.15, 0.2) is 11.8 Å². The maximum absolute atomic E-state index is 10.6. The van der Waals surface area contributed by atoms with Gasteiger partial charge >= 0.3 is 5.97 Å². The molecule has 0 N–H and O–H groups in total. The lowest BCUT2D eigenvalue weighted by atomic mass is 10.4. The zero-order valence-electron chi connectivity index (χ0n) is 6.05. The van der Waals surface area contributed by atoms with Gasteiger partial charge in [0.15, 0.2) is 5.70 Å². The first-order valence-corrected chi connectivity index (χ1v) is 2.93. The number of ether oxygens (including phenoxy) is 1. The molecular formula is C7H9NO2. The number of nitrogens with zero attached hydrogens (tertiary/aromatic N) is 1. The van der Waals surface area contributed by atoms with Crippen molar-refractivity contribution >= 4 is 5.97 Å². The van der Waals surface area contributed by atoms with Gasteiger partial charge in [-0.1, -0.05) is 0 Å². The highest BCUT2D eigenvalue weighted by Gasteiger charge is 1.95. The van der Waals surface area contributed by atoms with Gasteiger partial charge in [0, 0.05) is 6.08 Å². The van der Waals surface area contributed by atoms with Gasteiger partial charge in [-0.05, 0) is 13.8 Å². The summed E-state index contributed by atoms with van der Waals surface area (Å²) in [5.41, 5.74) is 0.346. The number of hydrogen-bond donors (Lipinski definition) is 0. The normalized spacial score (nSPS) is 10.3. The van der Waals surface area contributed by atoms with Gasteiger partial charge in [0.05, 0.1) is 13.2 Å². The largest absolute Gasteiger partial charge is 0.464 e. The fourth-order valence-electron chi connectivity index (χ4n) is 0.387. The molecule has 0 radical (unpaired) electrons. The van der Waals surface area contributed by atoms with E-state index >= 15 is 0 Å². The average Bonchev–Trinajstić information content (AvgIpc) is 1.88. The second-order valence-electron chi connectivity index (χ2n) is 1.65. The van der Waals surface area contributed by atoms with Crippen LogP contribution in [-0.2, 0) is 9.53 Å². The van der Waals surface area contributed by atoms with Crippen LogP contribution < -0.4 is 0 Å². The summed E-state index contributed by atoms with van der Waals surface area (Å²) in [7, 11) is 0. The molecule has 0 fully saturated rings. The van der Waals surface area contributed by atoms with Crippen LogP contribution >= 0.6 is 0 Å². The van der Waals surface area contributed by atoms with Crippen LogP contribution in [0.25, 0.3) is 4.85 Å².